The van der Waals surface area contributed by atoms with Crippen LogP contribution in [0.4, 0.5) is 0 Å². The number of nitrogens with one attached hydrogen (secondary N) is 1. The highest BCUT2D eigenvalue weighted by molar-refractivity contribution is 14.0. The van der Waals surface area contributed by atoms with E-state index in [-0.39, 0.29) is 29.7 Å². The lowest BCUT2D eigenvalue weighted by Gasteiger charge is -2.22. The molecule has 0 aromatic heterocycles. The maximum atomic E-state index is 11.8. The molecular formula is C20H35IN4O3S. The van der Waals surface area contributed by atoms with Gasteiger partial charge in [-0.15, -0.1) is 24.0 Å². The van der Waals surface area contributed by atoms with E-state index in [4.69, 9.17) is 4.74 Å². The number of likely N-dealkylation sites (tertiary alicyclic amines) is 1. The Hall–Kier alpha value is -0.910. The molecule has 0 saturated carbocycles. The molecule has 7 nitrogen and oxygen atoms in total. The lowest BCUT2D eigenvalue weighted by atomic mass is 10.1. The van der Waals surface area contributed by atoms with Crippen molar-refractivity contribution in [3.8, 4) is 0 Å². The second-order valence-electron chi connectivity index (χ2n) is 7.15. The van der Waals surface area contributed by atoms with Crippen LogP contribution in [0, 0.1) is 5.92 Å². The largest absolute Gasteiger partial charge is 0.376 e. The lowest BCUT2D eigenvalue weighted by molar-refractivity contribution is 0.0907. The molecule has 0 bridgehead atoms. The minimum atomic E-state index is -3.11. The normalized spacial score (nSPS) is 17.4. The van der Waals surface area contributed by atoms with Gasteiger partial charge in [-0.25, -0.2) is 12.7 Å². The van der Waals surface area contributed by atoms with Crippen LogP contribution in [0.5, 0.6) is 0 Å². The Morgan fingerprint density at radius 3 is 2.72 bits per heavy atom. The maximum absolute atomic E-state index is 11.8. The van der Waals surface area contributed by atoms with Crippen molar-refractivity contribution in [3.63, 3.8) is 0 Å². The number of sulfonamides is 1. The maximum Gasteiger partial charge on any atom is 0.213 e. The summed E-state index contributed by atoms with van der Waals surface area (Å²) < 4.78 is 30.8. The van der Waals surface area contributed by atoms with Gasteiger partial charge >= 0.3 is 0 Å². The fourth-order valence-electron chi connectivity index (χ4n) is 3.27. The van der Waals surface area contributed by atoms with Gasteiger partial charge in [-0.2, -0.15) is 0 Å². The summed E-state index contributed by atoms with van der Waals surface area (Å²) in [4.78, 5) is 6.63. The molecule has 29 heavy (non-hydrogen) atoms. The first-order valence-electron chi connectivity index (χ1n) is 9.97. The first-order chi connectivity index (χ1) is 13.5. The molecular weight excluding hydrogens is 503 g/mol. The number of nitrogens with zero attached hydrogens (tertiary/aromatic N) is 3. The van der Waals surface area contributed by atoms with Crippen LogP contribution in [0.15, 0.2) is 35.3 Å². The summed E-state index contributed by atoms with van der Waals surface area (Å²) in [7, 11) is 0.315. The molecule has 166 valence electrons. The van der Waals surface area contributed by atoms with Gasteiger partial charge in [0.2, 0.25) is 10.0 Å². The second kappa shape index (κ2) is 13.4. The van der Waals surface area contributed by atoms with Crippen molar-refractivity contribution in [2.75, 3.05) is 52.6 Å². The highest BCUT2D eigenvalue weighted by Crippen LogP contribution is 2.17. The number of aliphatic imine (C=N–C) groups is 1. The van der Waals surface area contributed by atoms with Gasteiger partial charge in [-0.3, -0.25) is 4.99 Å². The first kappa shape index (κ1) is 26.1. The molecule has 1 unspecified atom stereocenters. The monoisotopic (exact) mass is 538 g/mol. The lowest BCUT2D eigenvalue weighted by Crippen LogP contribution is -2.41. The standard InChI is InChI=1S/C20H34N4O3S.HI/c1-4-28(25,26)23(3)13-8-12-22-20(21-2)24-14-11-19(15-24)17-27-16-18-9-6-5-7-10-18;/h5-7,9-10,19H,4,8,11-17H2,1-3H3,(H,21,22);1H. The molecule has 1 saturated heterocycles. The number of rotatable bonds is 10. The minimum Gasteiger partial charge on any atom is -0.376 e. The van der Waals surface area contributed by atoms with Crippen LogP contribution in [-0.4, -0.2) is 76.2 Å². The van der Waals surface area contributed by atoms with Gasteiger partial charge in [-0.1, -0.05) is 30.3 Å². The molecule has 1 aliphatic heterocycles. The predicted molar refractivity (Wildman–Crippen MR) is 129 cm³/mol. The summed E-state index contributed by atoms with van der Waals surface area (Å²) in [5, 5.41) is 3.35. The Bertz CT molecular complexity index is 716. The van der Waals surface area contributed by atoms with Gasteiger partial charge in [0.15, 0.2) is 5.96 Å². The van der Waals surface area contributed by atoms with Crippen molar-refractivity contribution in [2.45, 2.75) is 26.4 Å². The summed E-state index contributed by atoms with van der Waals surface area (Å²) in [5.74, 6) is 1.52. The van der Waals surface area contributed by atoms with Crippen LogP contribution in [0.2, 0.25) is 0 Å². The van der Waals surface area contributed by atoms with Gasteiger partial charge in [0.25, 0.3) is 0 Å². The van der Waals surface area contributed by atoms with Gasteiger partial charge < -0.3 is 15.0 Å². The van der Waals surface area contributed by atoms with E-state index in [0.717, 1.165) is 38.5 Å². The molecule has 1 aromatic carbocycles. The average Bonchev–Trinajstić information content (AvgIpc) is 3.17. The number of halogens is 1. The van der Waals surface area contributed by atoms with Gasteiger partial charge in [0.1, 0.15) is 0 Å². The van der Waals surface area contributed by atoms with Crippen LogP contribution < -0.4 is 5.32 Å². The molecule has 1 aliphatic rings. The molecule has 0 radical (unpaired) electrons. The van der Waals surface area contributed by atoms with Crippen molar-refractivity contribution in [2.24, 2.45) is 10.9 Å². The van der Waals surface area contributed by atoms with E-state index in [0.29, 0.717) is 25.6 Å². The molecule has 1 aromatic rings. The molecule has 9 heteroatoms. The molecule has 0 aliphatic carbocycles. The third-order valence-electron chi connectivity index (χ3n) is 5.03. The van der Waals surface area contributed by atoms with Crippen LogP contribution in [-0.2, 0) is 21.4 Å². The molecule has 2 rings (SSSR count). The zero-order chi connectivity index (χ0) is 20.4. The zero-order valence-corrected chi connectivity index (χ0v) is 20.9. The quantitative estimate of drug-likeness (QED) is 0.214. The van der Waals surface area contributed by atoms with Crippen LogP contribution >= 0.6 is 24.0 Å². The third kappa shape index (κ3) is 8.77. The van der Waals surface area contributed by atoms with Crippen LogP contribution in [0.3, 0.4) is 0 Å². The van der Waals surface area contributed by atoms with Crippen molar-refractivity contribution >= 4 is 40.0 Å². The topological polar surface area (TPSA) is 74.2 Å². The third-order valence-corrected chi connectivity index (χ3v) is 6.90. The number of guanidine groups is 1. The Morgan fingerprint density at radius 1 is 1.34 bits per heavy atom. The van der Waals surface area contributed by atoms with E-state index >= 15 is 0 Å². The average molecular weight is 538 g/mol. The zero-order valence-electron chi connectivity index (χ0n) is 17.7. The molecule has 1 fully saturated rings. The number of ether oxygens (including phenoxy) is 1. The number of hydrogen-bond acceptors (Lipinski definition) is 4. The first-order valence-corrected chi connectivity index (χ1v) is 11.6. The van der Waals surface area contributed by atoms with Crippen LogP contribution in [0.1, 0.15) is 25.3 Å². The summed E-state index contributed by atoms with van der Waals surface area (Å²) in [6.45, 7) is 6.17. The summed E-state index contributed by atoms with van der Waals surface area (Å²) >= 11 is 0. The predicted octanol–water partition coefficient (Wildman–Crippen LogP) is 2.39. The Labute approximate surface area is 193 Å². The number of hydrogen-bond donors (Lipinski definition) is 1. The minimum absolute atomic E-state index is 0. The van der Waals surface area contributed by atoms with E-state index in [1.54, 1.807) is 21.0 Å². The fraction of sp³-hybridized carbons (Fsp3) is 0.650. The van der Waals surface area contributed by atoms with Crippen molar-refractivity contribution in [3.05, 3.63) is 35.9 Å². The molecule has 0 amide bonds. The Morgan fingerprint density at radius 2 is 2.07 bits per heavy atom. The van der Waals surface area contributed by atoms with E-state index in [2.05, 4.69) is 27.3 Å². The smallest absolute Gasteiger partial charge is 0.213 e. The van der Waals surface area contributed by atoms with Crippen LogP contribution in [0.25, 0.3) is 0 Å². The Kier molecular flexibility index (Phi) is 12.1. The van der Waals surface area contributed by atoms with Crippen molar-refractivity contribution in [1.29, 1.82) is 0 Å². The highest BCUT2D eigenvalue weighted by atomic mass is 127. The molecule has 1 heterocycles. The summed E-state index contributed by atoms with van der Waals surface area (Å²) in [6, 6.07) is 10.2. The van der Waals surface area contributed by atoms with E-state index in [1.807, 2.05) is 18.2 Å². The SMILES string of the molecule is CCS(=O)(=O)N(C)CCCNC(=NC)N1CCC(COCc2ccccc2)C1.I. The Balaban J connectivity index is 0.00000420. The summed E-state index contributed by atoms with van der Waals surface area (Å²) in [5.41, 5.74) is 1.20. The highest BCUT2D eigenvalue weighted by Gasteiger charge is 2.25. The fourth-order valence-corrected chi connectivity index (χ4v) is 4.12. The summed E-state index contributed by atoms with van der Waals surface area (Å²) in [6.07, 6.45) is 1.83. The van der Waals surface area contributed by atoms with Gasteiger partial charge in [0, 0.05) is 46.2 Å². The van der Waals surface area contributed by atoms with E-state index in [1.165, 1.54) is 9.87 Å². The van der Waals surface area contributed by atoms with Crippen molar-refractivity contribution in [1.82, 2.24) is 14.5 Å². The van der Waals surface area contributed by atoms with Gasteiger partial charge in [-0.05, 0) is 25.3 Å². The van der Waals surface area contributed by atoms with E-state index < -0.39 is 10.0 Å². The van der Waals surface area contributed by atoms with Gasteiger partial charge in [0.05, 0.1) is 19.0 Å². The second-order valence-corrected chi connectivity index (χ2v) is 9.52. The number of benzene rings is 1. The molecule has 1 atom stereocenters. The van der Waals surface area contributed by atoms with E-state index in [9.17, 15) is 8.42 Å². The molecule has 0 spiro atoms. The molecule has 1 N–H and O–H groups in total. The van der Waals surface area contributed by atoms with Crippen molar-refractivity contribution < 1.29 is 13.2 Å².